The van der Waals surface area contributed by atoms with Crippen LogP contribution in [0.5, 0.6) is 0 Å². The molecule has 0 saturated carbocycles. The van der Waals surface area contributed by atoms with Crippen LogP contribution in [0.4, 0.5) is 4.79 Å². The van der Waals surface area contributed by atoms with Crippen LogP contribution in [0.3, 0.4) is 0 Å². The SMILES string of the molecule is C=C(C(=O)OC(C)(C)OC(=O)OC(C)(C)c1ccc(C(C)C)cc1)C(=O)c1coo1. The van der Waals surface area contributed by atoms with Gasteiger partial charge in [0, 0.05) is 13.8 Å². The van der Waals surface area contributed by atoms with Crippen molar-refractivity contribution >= 4 is 17.9 Å². The van der Waals surface area contributed by atoms with Crippen LogP contribution < -0.4 is 0 Å². The van der Waals surface area contributed by atoms with Gasteiger partial charge in [-0.3, -0.25) is 13.9 Å². The first-order chi connectivity index (χ1) is 13.8. The molecule has 0 fully saturated rings. The van der Waals surface area contributed by atoms with Gasteiger partial charge in [0.1, 0.15) is 11.2 Å². The maximum atomic E-state index is 12.3. The van der Waals surface area contributed by atoms with Gasteiger partial charge in [-0.1, -0.05) is 44.7 Å². The van der Waals surface area contributed by atoms with E-state index in [-0.39, 0.29) is 5.76 Å². The zero-order valence-electron chi connectivity index (χ0n) is 17.9. The van der Waals surface area contributed by atoms with E-state index in [1.165, 1.54) is 13.8 Å². The Balaban J connectivity index is 1.97. The van der Waals surface area contributed by atoms with Crippen molar-refractivity contribution in [2.45, 2.75) is 58.8 Å². The normalized spacial score (nSPS) is 11.8. The number of carbonyl (C=O) groups excluding carboxylic acids is 3. The first-order valence-corrected chi connectivity index (χ1v) is 9.35. The third-order valence-electron chi connectivity index (χ3n) is 4.32. The summed E-state index contributed by atoms with van der Waals surface area (Å²) in [4.78, 5) is 36.3. The first kappa shape index (κ1) is 23.0. The third-order valence-corrected chi connectivity index (χ3v) is 4.32. The average molecular weight is 418 g/mol. The number of hydrogen-bond donors (Lipinski definition) is 0. The fourth-order valence-corrected chi connectivity index (χ4v) is 2.49. The first-order valence-electron chi connectivity index (χ1n) is 9.35. The fourth-order valence-electron chi connectivity index (χ4n) is 2.49. The van der Waals surface area contributed by atoms with Gasteiger partial charge in [-0.05, 0) is 30.9 Å². The van der Waals surface area contributed by atoms with Crippen LogP contribution in [0.1, 0.15) is 69.1 Å². The van der Waals surface area contributed by atoms with E-state index in [9.17, 15) is 14.4 Å². The molecule has 0 N–H and O–H groups in total. The van der Waals surface area contributed by atoms with E-state index < -0.39 is 34.9 Å². The van der Waals surface area contributed by atoms with E-state index >= 15 is 0 Å². The van der Waals surface area contributed by atoms with E-state index in [1.807, 2.05) is 24.3 Å². The summed E-state index contributed by atoms with van der Waals surface area (Å²) in [5, 5.41) is 0. The van der Waals surface area contributed by atoms with Gasteiger partial charge in [0.25, 0.3) is 11.5 Å². The van der Waals surface area contributed by atoms with Crippen molar-refractivity contribution in [3.8, 4) is 0 Å². The van der Waals surface area contributed by atoms with E-state index in [4.69, 9.17) is 14.2 Å². The second-order valence-electron chi connectivity index (χ2n) is 8.00. The van der Waals surface area contributed by atoms with Crippen LogP contribution in [-0.2, 0) is 24.6 Å². The topological polar surface area (TPSA) is 105 Å². The van der Waals surface area contributed by atoms with Crippen LogP contribution in [0.15, 0.2) is 51.8 Å². The van der Waals surface area contributed by atoms with Gasteiger partial charge in [0.05, 0.1) is 0 Å². The Kier molecular flexibility index (Phi) is 6.60. The molecule has 8 nitrogen and oxygen atoms in total. The lowest BCUT2D eigenvalue weighted by Gasteiger charge is -2.29. The molecule has 0 saturated heterocycles. The third kappa shape index (κ3) is 5.62. The lowest BCUT2D eigenvalue weighted by Crippen LogP contribution is -2.37. The van der Waals surface area contributed by atoms with Crippen LogP contribution in [0.25, 0.3) is 0 Å². The van der Waals surface area contributed by atoms with Crippen LogP contribution in [-0.4, -0.2) is 23.7 Å². The predicted molar refractivity (Wildman–Crippen MR) is 106 cm³/mol. The molecule has 0 amide bonds. The smallest absolute Gasteiger partial charge is 0.423 e. The minimum Gasteiger partial charge on any atom is -0.423 e. The molecule has 1 heterocycles. The molecule has 8 heteroatoms. The Labute approximate surface area is 174 Å². The number of rotatable bonds is 8. The maximum Gasteiger partial charge on any atom is 0.512 e. The molecule has 0 spiro atoms. The standard InChI is InChI=1S/C22H26O8/c1-13(2)15-8-10-16(11-9-15)21(4,5)28-20(25)29-22(6,7)27-19(24)14(3)18(23)17-12-26-30-17/h8-13H,3H2,1-2,4-7H3. The molecule has 2 rings (SSSR count). The number of ether oxygens (including phenoxy) is 3. The number of carbonyl (C=O) groups is 3. The van der Waals surface area contributed by atoms with Gasteiger partial charge in [-0.15, -0.1) is 0 Å². The lowest BCUT2D eigenvalue weighted by molar-refractivity contribution is -0.200. The largest absolute Gasteiger partial charge is 0.512 e. The van der Waals surface area contributed by atoms with Crippen molar-refractivity contribution in [1.29, 1.82) is 0 Å². The summed E-state index contributed by atoms with van der Waals surface area (Å²) in [6.07, 6.45) is -0.0172. The molecule has 0 aliphatic heterocycles. The minimum atomic E-state index is -1.71. The van der Waals surface area contributed by atoms with Crippen LogP contribution in [0.2, 0.25) is 0 Å². The molecular weight excluding hydrogens is 392 g/mol. The molecule has 0 aliphatic carbocycles. The molecule has 0 aliphatic rings. The highest BCUT2D eigenvalue weighted by Gasteiger charge is 2.35. The highest BCUT2D eigenvalue weighted by atomic mass is 17.0. The van der Waals surface area contributed by atoms with E-state index in [0.29, 0.717) is 5.92 Å². The molecule has 162 valence electrons. The molecule has 1 aromatic heterocycles. The Morgan fingerprint density at radius 2 is 1.53 bits per heavy atom. The van der Waals surface area contributed by atoms with Crippen molar-refractivity contribution in [3.63, 3.8) is 0 Å². The number of hydrogen-bond acceptors (Lipinski definition) is 8. The van der Waals surface area contributed by atoms with Gasteiger partial charge in [-0.2, -0.15) is 0 Å². The number of benzene rings is 1. The summed E-state index contributed by atoms with van der Waals surface area (Å²) in [6, 6.07) is 7.70. The zero-order valence-corrected chi connectivity index (χ0v) is 17.9. The van der Waals surface area contributed by atoms with Gasteiger partial charge in [0.15, 0.2) is 6.26 Å². The van der Waals surface area contributed by atoms with E-state index in [0.717, 1.165) is 17.4 Å². The molecule has 30 heavy (non-hydrogen) atoms. The molecular formula is C22H26O8. The molecule has 1 aromatic carbocycles. The predicted octanol–water partition coefficient (Wildman–Crippen LogP) is 5.10. The maximum absolute atomic E-state index is 12.3. The Morgan fingerprint density at radius 3 is 2.00 bits per heavy atom. The molecule has 0 radical (unpaired) electrons. The van der Waals surface area contributed by atoms with Crippen molar-refractivity contribution in [2.24, 2.45) is 0 Å². The van der Waals surface area contributed by atoms with Gasteiger partial charge < -0.3 is 14.2 Å². The second kappa shape index (κ2) is 8.61. The van der Waals surface area contributed by atoms with Crippen molar-refractivity contribution in [1.82, 2.24) is 0 Å². The number of Topliss-reactive ketones (excluding diaryl/α,β-unsaturated/α-hetero) is 1. The molecule has 0 unspecified atom stereocenters. The Morgan fingerprint density at radius 1 is 0.967 bits per heavy atom. The lowest BCUT2D eigenvalue weighted by atomic mass is 9.94. The number of ketones is 1. The highest BCUT2D eigenvalue weighted by Crippen LogP contribution is 2.28. The van der Waals surface area contributed by atoms with Crippen molar-refractivity contribution < 1.29 is 37.7 Å². The van der Waals surface area contributed by atoms with Crippen LogP contribution in [0, 0.1) is 0 Å². The van der Waals surface area contributed by atoms with E-state index in [1.54, 1.807) is 13.8 Å². The molecule has 0 atom stereocenters. The summed E-state index contributed by atoms with van der Waals surface area (Å²) in [6.45, 7) is 13.6. The Bertz CT molecular complexity index is 916. The van der Waals surface area contributed by atoms with Crippen LogP contribution >= 0.6 is 0 Å². The summed E-state index contributed by atoms with van der Waals surface area (Å²) >= 11 is 0. The average Bonchev–Trinajstić information content (AvgIpc) is 2.57. The van der Waals surface area contributed by atoms with Gasteiger partial charge in [-0.25, -0.2) is 9.59 Å². The van der Waals surface area contributed by atoms with Crippen molar-refractivity contribution in [3.05, 3.63) is 59.6 Å². The monoisotopic (exact) mass is 418 g/mol. The Hall–Kier alpha value is -3.29. The van der Waals surface area contributed by atoms with Crippen molar-refractivity contribution in [2.75, 3.05) is 0 Å². The zero-order chi connectivity index (χ0) is 22.7. The van der Waals surface area contributed by atoms with Gasteiger partial charge in [0.2, 0.25) is 5.78 Å². The highest BCUT2D eigenvalue weighted by molar-refractivity contribution is 6.22. The van der Waals surface area contributed by atoms with Gasteiger partial charge >= 0.3 is 12.1 Å². The molecule has 2 aromatic rings. The second-order valence-corrected chi connectivity index (χ2v) is 8.00. The quantitative estimate of drug-likeness (QED) is 0.111. The summed E-state index contributed by atoms with van der Waals surface area (Å²) in [5.41, 5.74) is 0.448. The fraction of sp³-hybridized carbons (Fsp3) is 0.409. The number of esters is 1. The molecule has 0 bridgehead atoms. The van der Waals surface area contributed by atoms with E-state index in [2.05, 4.69) is 29.6 Å². The minimum absolute atomic E-state index is 0.180. The summed E-state index contributed by atoms with van der Waals surface area (Å²) < 4.78 is 24.3. The summed E-state index contributed by atoms with van der Waals surface area (Å²) in [7, 11) is 0. The summed E-state index contributed by atoms with van der Waals surface area (Å²) in [5.74, 6) is -3.38.